The summed E-state index contributed by atoms with van der Waals surface area (Å²) < 4.78 is 39.4. The molecule has 2 amide bonds. The SMILES string of the molecule is CCCCCCCC/C=C\CCCCCCCC(=O)N1CC[C@@H](NC(=O)C[C@H](O)C[C@H](O)/C=C/c2c(-c3ccc(F)cc3)nc(N(C)S(C)(=O)=O)nc2C(C)C)C1. The molecule has 3 atom stereocenters. The van der Waals surface area contributed by atoms with Gasteiger partial charge in [-0.2, -0.15) is 0 Å². The molecule has 318 valence electrons. The van der Waals surface area contributed by atoms with Gasteiger partial charge in [0.15, 0.2) is 0 Å². The first kappa shape index (κ1) is 47.7. The number of hydrogen-bond donors (Lipinski definition) is 3. The van der Waals surface area contributed by atoms with E-state index in [0.717, 1.165) is 36.2 Å². The van der Waals surface area contributed by atoms with Gasteiger partial charge in [0.1, 0.15) is 5.82 Å². The van der Waals surface area contributed by atoms with Crippen LogP contribution in [0.1, 0.15) is 147 Å². The van der Waals surface area contributed by atoms with Gasteiger partial charge in [0.05, 0.1) is 36.3 Å². The van der Waals surface area contributed by atoms with Crippen LogP contribution in [0.4, 0.5) is 10.3 Å². The maximum atomic E-state index is 13.8. The van der Waals surface area contributed by atoms with Crippen molar-refractivity contribution in [1.82, 2.24) is 20.2 Å². The summed E-state index contributed by atoms with van der Waals surface area (Å²) in [4.78, 5) is 36.5. The first-order valence-corrected chi connectivity index (χ1v) is 22.9. The third-order valence-corrected chi connectivity index (χ3v) is 11.5. The number of anilines is 1. The van der Waals surface area contributed by atoms with E-state index in [-0.39, 0.29) is 42.6 Å². The Bertz CT molecular complexity index is 1700. The van der Waals surface area contributed by atoms with Crippen LogP contribution in [0.5, 0.6) is 0 Å². The van der Waals surface area contributed by atoms with Crippen molar-refractivity contribution in [2.24, 2.45) is 0 Å². The second-order valence-electron chi connectivity index (χ2n) is 15.8. The summed E-state index contributed by atoms with van der Waals surface area (Å²) in [6.07, 6.45) is 23.1. The van der Waals surface area contributed by atoms with Crippen molar-refractivity contribution in [3.05, 3.63) is 59.6 Å². The zero-order chi connectivity index (χ0) is 41.8. The number of rotatable bonds is 26. The molecule has 2 aromatic rings. The van der Waals surface area contributed by atoms with Crippen LogP contribution >= 0.6 is 0 Å². The van der Waals surface area contributed by atoms with Crippen LogP contribution in [-0.2, 0) is 19.6 Å². The summed E-state index contributed by atoms with van der Waals surface area (Å²) in [5, 5.41) is 24.5. The van der Waals surface area contributed by atoms with E-state index in [4.69, 9.17) is 0 Å². The van der Waals surface area contributed by atoms with Crippen molar-refractivity contribution in [3.63, 3.8) is 0 Å². The number of unbranched alkanes of at least 4 members (excludes halogenated alkanes) is 11. The average molecular weight is 814 g/mol. The highest BCUT2D eigenvalue weighted by Crippen LogP contribution is 2.32. The number of carbonyl (C=O) groups excluding carboxylic acids is 2. The Morgan fingerprint density at radius 3 is 2.19 bits per heavy atom. The highest BCUT2D eigenvalue weighted by molar-refractivity contribution is 7.92. The molecular formula is C44H68FN5O6S. The number of allylic oxidation sites excluding steroid dienone is 2. The van der Waals surface area contributed by atoms with Gasteiger partial charge < -0.3 is 20.4 Å². The summed E-state index contributed by atoms with van der Waals surface area (Å²) in [5.41, 5.74) is 1.88. The van der Waals surface area contributed by atoms with Crippen LogP contribution in [0.25, 0.3) is 17.3 Å². The molecule has 1 fully saturated rings. The first-order valence-electron chi connectivity index (χ1n) is 21.1. The molecule has 1 aromatic carbocycles. The Morgan fingerprint density at radius 2 is 1.58 bits per heavy atom. The quantitative estimate of drug-likeness (QED) is 0.0637. The highest BCUT2D eigenvalue weighted by Gasteiger charge is 2.28. The van der Waals surface area contributed by atoms with E-state index in [1.807, 2.05) is 18.7 Å². The Hall–Kier alpha value is -3.68. The summed E-state index contributed by atoms with van der Waals surface area (Å²) in [5.74, 6) is -0.912. The molecule has 1 saturated heterocycles. The molecule has 1 aromatic heterocycles. The Labute approximate surface area is 341 Å². The number of nitrogens with one attached hydrogen (secondary N) is 1. The molecule has 3 rings (SSSR count). The number of aliphatic hydroxyl groups is 2. The Morgan fingerprint density at radius 1 is 0.965 bits per heavy atom. The minimum atomic E-state index is -3.68. The van der Waals surface area contributed by atoms with Crippen LogP contribution in [-0.4, -0.2) is 90.0 Å². The minimum Gasteiger partial charge on any atom is -0.392 e. The lowest BCUT2D eigenvalue weighted by Crippen LogP contribution is -2.39. The lowest BCUT2D eigenvalue weighted by Gasteiger charge is -2.20. The van der Waals surface area contributed by atoms with Crippen LogP contribution < -0.4 is 9.62 Å². The molecule has 0 bridgehead atoms. The van der Waals surface area contributed by atoms with E-state index in [1.54, 1.807) is 6.08 Å². The van der Waals surface area contributed by atoms with Gasteiger partial charge in [0.25, 0.3) is 0 Å². The summed E-state index contributed by atoms with van der Waals surface area (Å²) in [7, 11) is -2.33. The smallest absolute Gasteiger partial charge is 0.239 e. The fraction of sp³-hybridized carbons (Fsp3) is 0.636. The number of hydrogen-bond acceptors (Lipinski definition) is 8. The van der Waals surface area contributed by atoms with Crippen LogP contribution in [0.15, 0.2) is 42.5 Å². The van der Waals surface area contributed by atoms with E-state index < -0.39 is 28.0 Å². The topological polar surface area (TPSA) is 153 Å². The number of likely N-dealkylation sites (tertiary alicyclic amines) is 1. The van der Waals surface area contributed by atoms with Crippen molar-refractivity contribution < 1.29 is 32.6 Å². The predicted molar refractivity (Wildman–Crippen MR) is 228 cm³/mol. The number of halogens is 1. The number of aliphatic hydroxyl groups excluding tert-OH is 2. The zero-order valence-electron chi connectivity index (χ0n) is 35.0. The fourth-order valence-electron chi connectivity index (χ4n) is 6.95. The number of benzene rings is 1. The summed E-state index contributed by atoms with van der Waals surface area (Å²) >= 11 is 0. The van der Waals surface area contributed by atoms with Gasteiger partial charge >= 0.3 is 0 Å². The standard InChI is InChI=1S/C44H68FN5O6S/c1-6-7-8-9-10-11-12-13-14-15-16-17-18-19-20-21-41(54)50-29-28-36(32-50)46-40(53)31-38(52)30-37(51)26-27-39-42(33(2)3)47-44(49(4)57(5,55)56)48-43(39)34-22-24-35(45)25-23-34/h13-14,22-27,33,36-38,51-52H,6-12,15-21,28-32H2,1-5H3,(H,46,53)/b14-13-,27-26+/t36-,37-,38-/m1/s1. The molecule has 57 heavy (non-hydrogen) atoms. The van der Waals surface area contributed by atoms with Crippen molar-refractivity contribution in [2.75, 3.05) is 30.7 Å². The van der Waals surface area contributed by atoms with Gasteiger partial charge in [0.2, 0.25) is 27.8 Å². The average Bonchev–Trinajstić information content (AvgIpc) is 3.63. The molecular weight excluding hydrogens is 746 g/mol. The Balaban J connectivity index is 1.41. The van der Waals surface area contributed by atoms with E-state index in [9.17, 15) is 32.6 Å². The number of carbonyl (C=O) groups is 2. The van der Waals surface area contributed by atoms with Gasteiger partial charge in [-0.05, 0) is 68.7 Å². The molecule has 2 heterocycles. The first-order chi connectivity index (χ1) is 27.2. The lowest BCUT2D eigenvalue weighted by atomic mass is 9.97. The molecule has 0 spiro atoms. The number of nitrogens with zero attached hydrogens (tertiary/aromatic N) is 4. The fourth-order valence-corrected chi connectivity index (χ4v) is 7.33. The van der Waals surface area contributed by atoms with Crippen molar-refractivity contribution >= 4 is 33.9 Å². The van der Waals surface area contributed by atoms with E-state index in [1.165, 1.54) is 95.2 Å². The summed E-state index contributed by atoms with van der Waals surface area (Å²) in [6, 6.07) is 5.43. The highest BCUT2D eigenvalue weighted by atomic mass is 32.2. The number of amides is 2. The van der Waals surface area contributed by atoms with Crippen molar-refractivity contribution in [1.29, 1.82) is 0 Å². The third-order valence-electron chi connectivity index (χ3n) is 10.4. The second kappa shape index (κ2) is 24.9. The Kier molecular flexibility index (Phi) is 20.9. The van der Waals surface area contributed by atoms with Gasteiger partial charge in [0, 0.05) is 50.1 Å². The number of sulfonamides is 1. The van der Waals surface area contributed by atoms with E-state index in [0.29, 0.717) is 48.4 Å². The minimum absolute atomic E-state index is 0.0483. The maximum Gasteiger partial charge on any atom is 0.239 e. The monoisotopic (exact) mass is 813 g/mol. The van der Waals surface area contributed by atoms with Gasteiger partial charge in [-0.3, -0.25) is 9.59 Å². The molecule has 0 radical (unpaired) electrons. The third kappa shape index (κ3) is 17.4. The van der Waals surface area contributed by atoms with Crippen molar-refractivity contribution in [2.45, 2.75) is 154 Å². The van der Waals surface area contributed by atoms with Gasteiger partial charge in [-0.15, -0.1) is 0 Å². The van der Waals surface area contributed by atoms with Crippen LogP contribution in [0.3, 0.4) is 0 Å². The van der Waals surface area contributed by atoms with E-state index >= 15 is 0 Å². The maximum absolute atomic E-state index is 13.8. The molecule has 13 heteroatoms. The molecule has 1 aliphatic heterocycles. The molecule has 1 aliphatic rings. The predicted octanol–water partition coefficient (Wildman–Crippen LogP) is 8.07. The second-order valence-corrected chi connectivity index (χ2v) is 17.8. The van der Waals surface area contributed by atoms with Crippen LogP contribution in [0.2, 0.25) is 0 Å². The van der Waals surface area contributed by atoms with E-state index in [2.05, 4.69) is 34.4 Å². The molecule has 3 N–H and O–H groups in total. The largest absolute Gasteiger partial charge is 0.392 e. The molecule has 0 aliphatic carbocycles. The zero-order valence-corrected chi connectivity index (χ0v) is 35.8. The summed E-state index contributed by atoms with van der Waals surface area (Å²) in [6.45, 7) is 7.06. The van der Waals surface area contributed by atoms with Crippen LogP contribution in [0, 0.1) is 5.82 Å². The lowest BCUT2D eigenvalue weighted by molar-refractivity contribution is -0.131. The van der Waals surface area contributed by atoms with Gasteiger partial charge in [-0.1, -0.05) is 96.4 Å². The van der Waals surface area contributed by atoms with Crippen molar-refractivity contribution in [3.8, 4) is 11.3 Å². The molecule has 0 unspecified atom stereocenters. The molecule has 11 nitrogen and oxygen atoms in total. The number of aromatic nitrogens is 2. The van der Waals surface area contributed by atoms with Gasteiger partial charge in [-0.25, -0.2) is 27.1 Å². The normalized spacial score (nSPS) is 15.9. The molecule has 0 saturated carbocycles.